The molecule has 130 valence electrons. The van der Waals surface area contributed by atoms with E-state index in [9.17, 15) is 4.79 Å². The number of hydrogen-bond donors (Lipinski definition) is 0. The Labute approximate surface area is 159 Å². The summed E-state index contributed by atoms with van der Waals surface area (Å²) in [6.45, 7) is 0.431. The lowest BCUT2D eigenvalue weighted by Crippen LogP contribution is -2.25. The van der Waals surface area contributed by atoms with Crippen molar-refractivity contribution in [2.24, 2.45) is 0 Å². The monoisotopic (exact) mass is 382 g/mol. The molecule has 0 unspecified atom stereocenters. The van der Waals surface area contributed by atoms with E-state index in [1.807, 2.05) is 42.5 Å². The zero-order chi connectivity index (χ0) is 18.1. The summed E-state index contributed by atoms with van der Waals surface area (Å²) in [6, 6.07) is 18.8. The quantitative estimate of drug-likeness (QED) is 0.469. The minimum absolute atomic E-state index is 0.192. The summed E-state index contributed by atoms with van der Waals surface area (Å²) in [5, 5.41) is 1.48. The van der Waals surface area contributed by atoms with Gasteiger partial charge in [0.1, 0.15) is 10.8 Å². The maximum Gasteiger partial charge on any atom is 0.289 e. The van der Waals surface area contributed by atoms with E-state index in [0.717, 1.165) is 20.8 Å². The second-order valence-corrected chi connectivity index (χ2v) is 7.40. The molecular formula is C20H15ClN2O2S. The molecule has 4 aromatic rings. The van der Waals surface area contributed by atoms with Crippen molar-refractivity contribution in [1.29, 1.82) is 0 Å². The first-order chi connectivity index (χ1) is 12.6. The van der Waals surface area contributed by atoms with Crippen LogP contribution in [0.25, 0.3) is 21.5 Å². The molecule has 4 nitrogen and oxygen atoms in total. The Morgan fingerprint density at radius 3 is 2.69 bits per heavy atom. The Morgan fingerprint density at radius 2 is 1.88 bits per heavy atom. The normalized spacial score (nSPS) is 11.0. The number of benzene rings is 2. The van der Waals surface area contributed by atoms with Crippen LogP contribution >= 0.6 is 22.9 Å². The molecule has 0 radical (unpaired) electrons. The van der Waals surface area contributed by atoms with Crippen LogP contribution in [0.4, 0.5) is 0 Å². The molecule has 0 fully saturated rings. The molecule has 0 saturated heterocycles. The molecule has 2 aromatic heterocycles. The molecule has 0 saturated carbocycles. The third-order valence-corrected chi connectivity index (χ3v) is 5.36. The molecule has 1 amide bonds. The van der Waals surface area contributed by atoms with Crippen molar-refractivity contribution in [3.63, 3.8) is 0 Å². The number of hydrogen-bond acceptors (Lipinski definition) is 4. The highest BCUT2D eigenvalue weighted by Gasteiger charge is 2.19. The van der Waals surface area contributed by atoms with Gasteiger partial charge in [0.2, 0.25) is 0 Å². The van der Waals surface area contributed by atoms with E-state index in [-0.39, 0.29) is 11.7 Å². The van der Waals surface area contributed by atoms with Crippen molar-refractivity contribution in [3.05, 3.63) is 76.5 Å². The Hall–Kier alpha value is -2.63. The fraction of sp³-hybridized carbons (Fsp3) is 0.100. The summed E-state index contributed by atoms with van der Waals surface area (Å²) in [4.78, 5) is 18.8. The van der Waals surface area contributed by atoms with Crippen molar-refractivity contribution in [2.75, 3.05) is 7.05 Å². The summed E-state index contributed by atoms with van der Waals surface area (Å²) in [7, 11) is 1.74. The first-order valence-electron chi connectivity index (χ1n) is 8.06. The van der Waals surface area contributed by atoms with Crippen LogP contribution < -0.4 is 0 Å². The number of para-hydroxylation sites is 1. The van der Waals surface area contributed by atoms with Gasteiger partial charge in [-0.1, -0.05) is 35.9 Å². The number of carbonyl (C=O) groups is 1. The largest absolute Gasteiger partial charge is 0.451 e. The van der Waals surface area contributed by atoms with Crippen molar-refractivity contribution in [1.82, 2.24) is 9.88 Å². The van der Waals surface area contributed by atoms with E-state index in [4.69, 9.17) is 16.0 Å². The number of fused-ring (bicyclic) bond motifs is 1. The average Bonchev–Trinajstić information content (AvgIpc) is 3.28. The van der Waals surface area contributed by atoms with Crippen LogP contribution in [0.5, 0.6) is 0 Å². The molecular weight excluding hydrogens is 368 g/mol. The van der Waals surface area contributed by atoms with E-state index in [0.29, 0.717) is 17.3 Å². The number of thiazole rings is 1. The Kier molecular flexibility index (Phi) is 4.49. The van der Waals surface area contributed by atoms with Gasteiger partial charge in [0.25, 0.3) is 5.91 Å². The first kappa shape index (κ1) is 16.8. The van der Waals surface area contributed by atoms with Gasteiger partial charge in [0.05, 0.1) is 21.8 Å². The average molecular weight is 383 g/mol. The Bertz CT molecular complexity index is 1050. The lowest BCUT2D eigenvalue weighted by molar-refractivity contribution is 0.0754. The number of halogens is 1. The van der Waals surface area contributed by atoms with Crippen LogP contribution in [0, 0.1) is 0 Å². The van der Waals surface area contributed by atoms with Gasteiger partial charge in [-0.3, -0.25) is 4.79 Å². The van der Waals surface area contributed by atoms with Gasteiger partial charge < -0.3 is 9.32 Å². The van der Waals surface area contributed by atoms with Crippen LogP contribution in [0.1, 0.15) is 15.6 Å². The molecule has 0 spiro atoms. The molecule has 6 heteroatoms. The van der Waals surface area contributed by atoms with E-state index in [2.05, 4.69) is 4.98 Å². The second-order valence-electron chi connectivity index (χ2n) is 5.88. The molecule has 2 heterocycles. The fourth-order valence-corrected chi connectivity index (χ4v) is 3.96. The SMILES string of the molecule is CN(Cc1nc2ccccc2s1)C(=O)c1ccc(-c2ccccc2Cl)o1. The van der Waals surface area contributed by atoms with Crippen LogP contribution in [0.2, 0.25) is 5.02 Å². The van der Waals surface area contributed by atoms with Gasteiger partial charge in [-0.2, -0.15) is 0 Å². The van der Waals surface area contributed by atoms with Gasteiger partial charge in [-0.05, 0) is 36.4 Å². The number of rotatable bonds is 4. The summed E-state index contributed by atoms with van der Waals surface area (Å²) >= 11 is 7.78. The lowest BCUT2D eigenvalue weighted by atomic mass is 10.2. The number of aromatic nitrogens is 1. The van der Waals surface area contributed by atoms with Gasteiger partial charge in [-0.15, -0.1) is 11.3 Å². The van der Waals surface area contributed by atoms with E-state index in [1.54, 1.807) is 41.5 Å². The van der Waals surface area contributed by atoms with Crippen LogP contribution in [-0.4, -0.2) is 22.8 Å². The number of amides is 1. The topological polar surface area (TPSA) is 46.3 Å². The Balaban J connectivity index is 1.53. The predicted octanol–water partition coefficient (Wildman–Crippen LogP) is 5.48. The van der Waals surface area contributed by atoms with Crippen molar-refractivity contribution < 1.29 is 9.21 Å². The lowest BCUT2D eigenvalue weighted by Gasteiger charge is -2.13. The van der Waals surface area contributed by atoms with Crippen LogP contribution in [0.3, 0.4) is 0 Å². The predicted molar refractivity (Wildman–Crippen MR) is 105 cm³/mol. The molecule has 4 rings (SSSR count). The number of nitrogens with zero attached hydrogens (tertiary/aromatic N) is 2. The van der Waals surface area contributed by atoms with Crippen LogP contribution in [-0.2, 0) is 6.54 Å². The summed E-state index contributed by atoms with van der Waals surface area (Å²) in [5.74, 6) is 0.665. The highest BCUT2D eigenvalue weighted by molar-refractivity contribution is 7.18. The molecule has 2 aromatic carbocycles. The van der Waals surface area contributed by atoms with Gasteiger partial charge in [0, 0.05) is 12.6 Å². The summed E-state index contributed by atoms with van der Waals surface area (Å²) in [5.41, 5.74) is 1.72. The third-order valence-electron chi connectivity index (χ3n) is 4.01. The van der Waals surface area contributed by atoms with Gasteiger partial charge >= 0.3 is 0 Å². The number of furan rings is 1. The van der Waals surface area contributed by atoms with E-state index >= 15 is 0 Å². The van der Waals surface area contributed by atoms with Crippen molar-refractivity contribution in [3.8, 4) is 11.3 Å². The van der Waals surface area contributed by atoms with Gasteiger partial charge in [-0.25, -0.2) is 4.98 Å². The first-order valence-corrected chi connectivity index (χ1v) is 9.26. The zero-order valence-corrected chi connectivity index (χ0v) is 15.6. The molecule has 0 aliphatic rings. The van der Waals surface area contributed by atoms with E-state index in [1.165, 1.54) is 0 Å². The van der Waals surface area contributed by atoms with E-state index < -0.39 is 0 Å². The number of carbonyl (C=O) groups excluding carboxylic acids is 1. The second kappa shape index (κ2) is 6.94. The standard InChI is InChI=1S/C20H15ClN2O2S/c1-23(12-19-22-15-8-4-5-9-18(15)26-19)20(24)17-11-10-16(25-17)13-6-2-3-7-14(13)21/h2-11H,12H2,1H3. The molecule has 0 aliphatic carbocycles. The maximum absolute atomic E-state index is 12.7. The molecule has 0 bridgehead atoms. The molecule has 26 heavy (non-hydrogen) atoms. The maximum atomic E-state index is 12.7. The highest BCUT2D eigenvalue weighted by Crippen LogP contribution is 2.29. The smallest absolute Gasteiger partial charge is 0.289 e. The van der Waals surface area contributed by atoms with Crippen molar-refractivity contribution in [2.45, 2.75) is 6.54 Å². The third kappa shape index (κ3) is 3.23. The zero-order valence-electron chi connectivity index (χ0n) is 14.0. The Morgan fingerprint density at radius 1 is 1.12 bits per heavy atom. The summed E-state index contributed by atoms with van der Waals surface area (Å²) < 4.78 is 6.85. The minimum Gasteiger partial charge on any atom is -0.451 e. The minimum atomic E-state index is -0.192. The summed E-state index contributed by atoms with van der Waals surface area (Å²) in [6.07, 6.45) is 0. The van der Waals surface area contributed by atoms with Crippen molar-refractivity contribution >= 4 is 39.1 Å². The van der Waals surface area contributed by atoms with Gasteiger partial charge in [0.15, 0.2) is 5.76 Å². The molecule has 0 N–H and O–H groups in total. The highest BCUT2D eigenvalue weighted by atomic mass is 35.5. The van der Waals surface area contributed by atoms with Crippen LogP contribution in [0.15, 0.2) is 65.1 Å². The molecule has 0 aliphatic heterocycles. The molecule has 0 atom stereocenters. The fourth-order valence-electron chi connectivity index (χ4n) is 2.71.